The third-order valence-corrected chi connectivity index (χ3v) is 2.07. The second kappa shape index (κ2) is 4.45. The molecule has 3 heteroatoms. The highest BCUT2D eigenvalue weighted by Crippen LogP contribution is 2.19. The minimum atomic E-state index is 0.528. The number of aromatic nitrogens is 1. The van der Waals surface area contributed by atoms with Crippen molar-refractivity contribution in [3.05, 3.63) is 53.7 Å². The van der Waals surface area contributed by atoms with Crippen molar-refractivity contribution in [2.24, 2.45) is 0 Å². The molecule has 2 aromatic rings. The van der Waals surface area contributed by atoms with Crippen LogP contribution in [0.1, 0.15) is 11.1 Å². The number of nitriles is 1. The van der Waals surface area contributed by atoms with E-state index in [0.29, 0.717) is 17.2 Å². The minimum Gasteiger partial charge on any atom is -0.439 e. The zero-order chi connectivity index (χ0) is 11.4. The molecule has 0 N–H and O–H groups in total. The molecule has 0 spiro atoms. The van der Waals surface area contributed by atoms with Gasteiger partial charge in [0, 0.05) is 12.3 Å². The van der Waals surface area contributed by atoms with Gasteiger partial charge in [-0.15, -0.1) is 0 Å². The van der Waals surface area contributed by atoms with Crippen LogP contribution in [-0.2, 0) is 0 Å². The van der Waals surface area contributed by atoms with Gasteiger partial charge >= 0.3 is 0 Å². The summed E-state index contributed by atoms with van der Waals surface area (Å²) < 4.78 is 5.51. The van der Waals surface area contributed by atoms with E-state index in [9.17, 15) is 0 Å². The fourth-order valence-corrected chi connectivity index (χ4v) is 1.26. The Hall–Kier alpha value is -2.34. The highest BCUT2D eigenvalue weighted by molar-refractivity contribution is 5.37. The summed E-state index contributed by atoms with van der Waals surface area (Å²) in [4.78, 5) is 4.12. The maximum absolute atomic E-state index is 8.74. The van der Waals surface area contributed by atoms with E-state index in [-0.39, 0.29) is 0 Å². The van der Waals surface area contributed by atoms with Crippen molar-refractivity contribution in [3.63, 3.8) is 0 Å². The molecule has 0 radical (unpaired) electrons. The van der Waals surface area contributed by atoms with E-state index in [1.165, 1.54) is 0 Å². The molecule has 0 saturated carbocycles. The van der Waals surface area contributed by atoms with Crippen LogP contribution < -0.4 is 4.74 Å². The molecule has 2 rings (SSSR count). The smallest absolute Gasteiger partial charge is 0.219 e. The second-order valence-electron chi connectivity index (χ2n) is 3.42. The van der Waals surface area contributed by atoms with Gasteiger partial charge in [-0.3, -0.25) is 0 Å². The molecule has 78 valence electrons. The Bertz CT molecular complexity index is 526. The van der Waals surface area contributed by atoms with Crippen LogP contribution in [0.2, 0.25) is 0 Å². The highest BCUT2D eigenvalue weighted by atomic mass is 16.5. The average Bonchev–Trinajstić information content (AvgIpc) is 2.32. The van der Waals surface area contributed by atoms with Crippen LogP contribution >= 0.6 is 0 Å². The van der Waals surface area contributed by atoms with Crippen LogP contribution in [0.4, 0.5) is 0 Å². The number of aryl methyl sites for hydroxylation is 1. The van der Waals surface area contributed by atoms with Crippen molar-refractivity contribution in [2.45, 2.75) is 6.92 Å². The van der Waals surface area contributed by atoms with Gasteiger partial charge in [0.05, 0.1) is 11.6 Å². The van der Waals surface area contributed by atoms with E-state index in [0.717, 1.165) is 5.56 Å². The Balaban J connectivity index is 2.21. The summed E-state index contributed by atoms with van der Waals surface area (Å²) in [6.07, 6.45) is 1.74. The molecule has 1 aromatic heterocycles. The first-order valence-corrected chi connectivity index (χ1v) is 4.88. The molecule has 0 aliphatic carbocycles. The monoisotopic (exact) mass is 210 g/mol. The van der Waals surface area contributed by atoms with E-state index in [1.54, 1.807) is 36.5 Å². The van der Waals surface area contributed by atoms with Crippen LogP contribution in [0.3, 0.4) is 0 Å². The second-order valence-corrected chi connectivity index (χ2v) is 3.42. The molecule has 0 aliphatic heterocycles. The first-order valence-electron chi connectivity index (χ1n) is 4.88. The lowest BCUT2D eigenvalue weighted by Crippen LogP contribution is -1.88. The zero-order valence-corrected chi connectivity index (χ0v) is 8.84. The fourth-order valence-electron chi connectivity index (χ4n) is 1.26. The number of nitrogens with zero attached hydrogens (tertiary/aromatic N) is 2. The minimum absolute atomic E-state index is 0.528. The molecular formula is C13H10N2O. The number of ether oxygens (including phenoxy) is 1. The predicted octanol–water partition coefficient (Wildman–Crippen LogP) is 3.05. The lowest BCUT2D eigenvalue weighted by atomic mass is 10.2. The summed E-state index contributed by atoms with van der Waals surface area (Å²) in [5.41, 5.74) is 1.66. The molecule has 0 atom stereocenters. The van der Waals surface area contributed by atoms with Gasteiger partial charge in [-0.05, 0) is 30.7 Å². The summed E-state index contributed by atoms with van der Waals surface area (Å²) in [6, 6.07) is 12.8. The van der Waals surface area contributed by atoms with Crippen LogP contribution in [0.25, 0.3) is 0 Å². The van der Waals surface area contributed by atoms with Gasteiger partial charge < -0.3 is 4.74 Å². The average molecular weight is 210 g/mol. The molecule has 0 aliphatic rings. The van der Waals surface area contributed by atoms with Crippen molar-refractivity contribution in [1.82, 2.24) is 4.98 Å². The number of rotatable bonds is 2. The van der Waals surface area contributed by atoms with E-state index in [2.05, 4.69) is 11.1 Å². The standard InChI is InChI=1S/C13H10N2O/c1-10-5-6-13(15-9-10)16-12-4-2-3-11(7-12)8-14/h2-7,9H,1H3. The summed E-state index contributed by atoms with van der Waals surface area (Å²) in [5.74, 6) is 1.15. The molecular weight excluding hydrogens is 200 g/mol. The van der Waals surface area contributed by atoms with Crippen molar-refractivity contribution in [1.29, 1.82) is 5.26 Å². The van der Waals surface area contributed by atoms with E-state index in [1.807, 2.05) is 13.0 Å². The molecule has 0 bridgehead atoms. The number of benzene rings is 1. The Labute approximate surface area is 93.9 Å². The first kappa shape index (κ1) is 10.2. The van der Waals surface area contributed by atoms with Crippen molar-refractivity contribution in [2.75, 3.05) is 0 Å². The highest BCUT2D eigenvalue weighted by Gasteiger charge is 1.99. The van der Waals surface area contributed by atoms with Crippen LogP contribution in [0, 0.1) is 18.3 Å². The van der Waals surface area contributed by atoms with Gasteiger partial charge in [0.15, 0.2) is 0 Å². The summed E-state index contributed by atoms with van der Waals surface area (Å²) >= 11 is 0. The van der Waals surface area contributed by atoms with E-state index in [4.69, 9.17) is 10.00 Å². The number of pyridine rings is 1. The summed E-state index contributed by atoms with van der Waals surface area (Å²) in [6.45, 7) is 1.97. The van der Waals surface area contributed by atoms with E-state index >= 15 is 0 Å². The van der Waals surface area contributed by atoms with Gasteiger partial charge in [0.2, 0.25) is 5.88 Å². The Morgan fingerprint density at radius 1 is 1.25 bits per heavy atom. The molecule has 0 saturated heterocycles. The van der Waals surface area contributed by atoms with Gasteiger partial charge in [-0.25, -0.2) is 4.98 Å². The van der Waals surface area contributed by atoms with Crippen LogP contribution in [-0.4, -0.2) is 4.98 Å². The summed E-state index contributed by atoms with van der Waals surface area (Å²) in [5, 5.41) is 8.74. The number of hydrogen-bond donors (Lipinski definition) is 0. The van der Waals surface area contributed by atoms with Gasteiger partial charge in [-0.1, -0.05) is 12.1 Å². The topological polar surface area (TPSA) is 45.9 Å². The lowest BCUT2D eigenvalue weighted by molar-refractivity contribution is 0.462. The largest absolute Gasteiger partial charge is 0.439 e. The Morgan fingerprint density at radius 2 is 2.12 bits per heavy atom. The van der Waals surface area contributed by atoms with Crippen molar-refractivity contribution < 1.29 is 4.74 Å². The Kier molecular flexibility index (Phi) is 2.84. The summed E-state index contributed by atoms with van der Waals surface area (Å²) in [7, 11) is 0. The van der Waals surface area contributed by atoms with Crippen molar-refractivity contribution in [3.8, 4) is 17.7 Å². The third kappa shape index (κ3) is 2.37. The molecule has 0 fully saturated rings. The predicted molar refractivity (Wildman–Crippen MR) is 60.2 cm³/mol. The maximum atomic E-state index is 8.74. The zero-order valence-electron chi connectivity index (χ0n) is 8.84. The van der Waals surface area contributed by atoms with Crippen LogP contribution in [0.5, 0.6) is 11.6 Å². The van der Waals surface area contributed by atoms with Gasteiger partial charge in [0.25, 0.3) is 0 Å². The lowest BCUT2D eigenvalue weighted by Gasteiger charge is -2.04. The molecule has 16 heavy (non-hydrogen) atoms. The molecule has 1 aromatic carbocycles. The van der Waals surface area contributed by atoms with Gasteiger partial charge in [-0.2, -0.15) is 5.26 Å². The quantitative estimate of drug-likeness (QED) is 0.765. The van der Waals surface area contributed by atoms with Crippen molar-refractivity contribution >= 4 is 0 Å². The third-order valence-electron chi connectivity index (χ3n) is 2.07. The number of hydrogen-bond acceptors (Lipinski definition) is 3. The van der Waals surface area contributed by atoms with E-state index < -0.39 is 0 Å². The normalized spacial score (nSPS) is 9.50. The molecule has 3 nitrogen and oxygen atoms in total. The molecule has 0 amide bonds. The Morgan fingerprint density at radius 3 is 2.81 bits per heavy atom. The van der Waals surface area contributed by atoms with Gasteiger partial charge in [0.1, 0.15) is 5.75 Å². The SMILES string of the molecule is Cc1ccc(Oc2cccc(C#N)c2)nc1. The fraction of sp³-hybridized carbons (Fsp3) is 0.0769. The molecule has 1 heterocycles. The first-order chi connectivity index (χ1) is 7.78. The maximum Gasteiger partial charge on any atom is 0.219 e. The molecule has 0 unspecified atom stereocenters. The van der Waals surface area contributed by atoms with Crippen LogP contribution in [0.15, 0.2) is 42.6 Å².